The molecule has 1 atom stereocenters. The van der Waals surface area contributed by atoms with Crippen molar-refractivity contribution in [3.8, 4) is 0 Å². The number of amides is 2. The van der Waals surface area contributed by atoms with Gasteiger partial charge in [-0.05, 0) is 37.1 Å². The van der Waals surface area contributed by atoms with Gasteiger partial charge in [-0.3, -0.25) is 9.59 Å². The van der Waals surface area contributed by atoms with Crippen LogP contribution in [0.15, 0.2) is 24.3 Å². The first-order valence-electron chi connectivity index (χ1n) is 7.63. The van der Waals surface area contributed by atoms with Crippen LogP contribution in [-0.4, -0.2) is 29.8 Å². The highest BCUT2D eigenvalue weighted by molar-refractivity contribution is 5.93. The minimum atomic E-state index is -0.435. The van der Waals surface area contributed by atoms with Crippen LogP contribution in [0, 0.1) is 17.2 Å². The van der Waals surface area contributed by atoms with Crippen molar-refractivity contribution in [1.29, 1.82) is 0 Å². The zero-order valence-corrected chi connectivity index (χ0v) is 13.4. The van der Waals surface area contributed by atoms with Gasteiger partial charge in [0.2, 0.25) is 11.8 Å². The lowest BCUT2D eigenvalue weighted by atomic mass is 9.91. The summed E-state index contributed by atoms with van der Waals surface area (Å²) >= 11 is 0. The fourth-order valence-electron chi connectivity index (χ4n) is 2.63. The Morgan fingerprint density at radius 2 is 1.86 bits per heavy atom. The molecular formula is C17H23FN2O2. The highest BCUT2D eigenvalue weighted by atomic mass is 19.1. The zero-order chi connectivity index (χ0) is 16.3. The van der Waals surface area contributed by atoms with Gasteiger partial charge in [0, 0.05) is 24.2 Å². The van der Waals surface area contributed by atoms with Gasteiger partial charge in [-0.1, -0.05) is 20.8 Å². The summed E-state index contributed by atoms with van der Waals surface area (Å²) in [6.45, 7) is 6.81. The third-order valence-corrected chi connectivity index (χ3v) is 3.83. The maximum absolute atomic E-state index is 12.9. The molecule has 0 radical (unpaired) electrons. The number of piperidine rings is 1. The molecule has 5 heteroatoms. The number of hydrogen-bond acceptors (Lipinski definition) is 2. The molecule has 2 amide bonds. The third kappa shape index (κ3) is 4.06. The van der Waals surface area contributed by atoms with Crippen molar-refractivity contribution in [2.45, 2.75) is 33.6 Å². The zero-order valence-electron chi connectivity index (χ0n) is 13.4. The molecule has 0 aliphatic carbocycles. The van der Waals surface area contributed by atoms with Crippen molar-refractivity contribution in [3.63, 3.8) is 0 Å². The van der Waals surface area contributed by atoms with E-state index in [4.69, 9.17) is 0 Å². The maximum Gasteiger partial charge on any atom is 0.229 e. The number of nitrogens with zero attached hydrogens (tertiary/aromatic N) is 1. The molecule has 1 aromatic carbocycles. The van der Waals surface area contributed by atoms with E-state index in [9.17, 15) is 14.0 Å². The number of nitrogens with one attached hydrogen (secondary N) is 1. The summed E-state index contributed by atoms with van der Waals surface area (Å²) in [5.41, 5.74) is 0.140. The average molecular weight is 306 g/mol. The molecule has 0 spiro atoms. The molecule has 120 valence electrons. The van der Waals surface area contributed by atoms with Gasteiger partial charge in [-0.15, -0.1) is 0 Å². The predicted molar refractivity (Wildman–Crippen MR) is 83.8 cm³/mol. The number of carbonyl (C=O) groups is 2. The number of likely N-dealkylation sites (tertiary alicyclic amines) is 1. The Labute approximate surface area is 130 Å². The van der Waals surface area contributed by atoms with Crippen LogP contribution < -0.4 is 5.32 Å². The monoisotopic (exact) mass is 306 g/mol. The van der Waals surface area contributed by atoms with E-state index in [2.05, 4.69) is 5.32 Å². The van der Waals surface area contributed by atoms with Crippen LogP contribution in [0.5, 0.6) is 0 Å². The smallest absolute Gasteiger partial charge is 0.229 e. The summed E-state index contributed by atoms with van der Waals surface area (Å²) in [5, 5.41) is 2.79. The van der Waals surface area contributed by atoms with Crippen LogP contribution in [-0.2, 0) is 9.59 Å². The van der Waals surface area contributed by atoms with Gasteiger partial charge in [-0.2, -0.15) is 0 Å². The van der Waals surface area contributed by atoms with E-state index in [0.29, 0.717) is 18.8 Å². The molecule has 0 aromatic heterocycles. The van der Waals surface area contributed by atoms with E-state index < -0.39 is 5.41 Å². The molecule has 1 N–H and O–H groups in total. The highest BCUT2D eigenvalue weighted by Crippen LogP contribution is 2.24. The van der Waals surface area contributed by atoms with Crippen molar-refractivity contribution in [2.75, 3.05) is 18.4 Å². The lowest BCUT2D eigenvalue weighted by Gasteiger charge is -2.35. The van der Waals surface area contributed by atoms with E-state index in [0.717, 1.165) is 12.8 Å². The molecule has 1 aliphatic rings. The summed E-state index contributed by atoms with van der Waals surface area (Å²) in [5.74, 6) is -0.590. The largest absolute Gasteiger partial charge is 0.341 e. The summed E-state index contributed by atoms with van der Waals surface area (Å²) in [4.78, 5) is 26.4. The molecule has 0 bridgehead atoms. The highest BCUT2D eigenvalue weighted by Gasteiger charge is 2.33. The Bertz CT molecular complexity index is 549. The van der Waals surface area contributed by atoms with E-state index in [-0.39, 0.29) is 23.5 Å². The first-order valence-corrected chi connectivity index (χ1v) is 7.63. The summed E-state index contributed by atoms with van der Waals surface area (Å²) < 4.78 is 12.9. The number of benzene rings is 1. The van der Waals surface area contributed by atoms with Crippen molar-refractivity contribution in [1.82, 2.24) is 4.90 Å². The van der Waals surface area contributed by atoms with Gasteiger partial charge in [0.15, 0.2) is 0 Å². The van der Waals surface area contributed by atoms with Gasteiger partial charge >= 0.3 is 0 Å². The lowest BCUT2D eigenvalue weighted by molar-refractivity contribution is -0.142. The fraction of sp³-hybridized carbons (Fsp3) is 0.529. The van der Waals surface area contributed by atoms with Crippen molar-refractivity contribution >= 4 is 17.5 Å². The molecule has 0 unspecified atom stereocenters. The van der Waals surface area contributed by atoms with Crippen LogP contribution in [0.3, 0.4) is 0 Å². The van der Waals surface area contributed by atoms with Crippen LogP contribution in [0.4, 0.5) is 10.1 Å². The third-order valence-electron chi connectivity index (χ3n) is 3.83. The summed E-state index contributed by atoms with van der Waals surface area (Å²) in [7, 11) is 0. The minimum Gasteiger partial charge on any atom is -0.341 e. The lowest BCUT2D eigenvalue weighted by Crippen LogP contribution is -2.47. The second-order valence-electron chi connectivity index (χ2n) is 6.84. The van der Waals surface area contributed by atoms with Crippen LogP contribution in [0.1, 0.15) is 33.6 Å². The molecule has 1 heterocycles. The first kappa shape index (κ1) is 16.5. The molecule has 1 aromatic rings. The SMILES string of the molecule is CC(C)(C)C(=O)N1CCC[C@@H](C(=O)Nc2ccc(F)cc2)C1. The van der Waals surface area contributed by atoms with Crippen molar-refractivity contribution < 1.29 is 14.0 Å². The van der Waals surface area contributed by atoms with Gasteiger partial charge in [-0.25, -0.2) is 4.39 Å². The topological polar surface area (TPSA) is 49.4 Å². The molecule has 1 aliphatic heterocycles. The van der Waals surface area contributed by atoms with Crippen LogP contribution >= 0.6 is 0 Å². The summed E-state index contributed by atoms with van der Waals surface area (Å²) in [6.07, 6.45) is 1.59. The second kappa shape index (κ2) is 6.46. The Balaban J connectivity index is 1.98. The van der Waals surface area contributed by atoms with E-state index in [1.807, 2.05) is 20.8 Å². The molecule has 4 nitrogen and oxygen atoms in total. The first-order chi connectivity index (χ1) is 10.3. The van der Waals surface area contributed by atoms with E-state index >= 15 is 0 Å². The number of hydrogen-bond donors (Lipinski definition) is 1. The van der Waals surface area contributed by atoms with Crippen LogP contribution in [0.2, 0.25) is 0 Å². The Kier molecular flexibility index (Phi) is 4.84. The van der Waals surface area contributed by atoms with Gasteiger partial charge in [0.25, 0.3) is 0 Å². The molecule has 0 saturated carbocycles. The molecule has 1 fully saturated rings. The maximum atomic E-state index is 12.9. The van der Waals surface area contributed by atoms with E-state index in [1.54, 1.807) is 4.90 Å². The average Bonchev–Trinajstić information content (AvgIpc) is 2.48. The van der Waals surface area contributed by atoms with Gasteiger partial charge in [0.1, 0.15) is 5.82 Å². The van der Waals surface area contributed by atoms with E-state index in [1.165, 1.54) is 24.3 Å². The molecule has 1 saturated heterocycles. The fourth-order valence-corrected chi connectivity index (χ4v) is 2.63. The molecular weight excluding hydrogens is 283 g/mol. The van der Waals surface area contributed by atoms with Gasteiger partial charge < -0.3 is 10.2 Å². The van der Waals surface area contributed by atoms with Crippen molar-refractivity contribution in [3.05, 3.63) is 30.1 Å². The van der Waals surface area contributed by atoms with Crippen LogP contribution in [0.25, 0.3) is 0 Å². The molecule has 22 heavy (non-hydrogen) atoms. The van der Waals surface area contributed by atoms with Crippen molar-refractivity contribution in [2.24, 2.45) is 11.3 Å². The Hall–Kier alpha value is -1.91. The minimum absolute atomic E-state index is 0.0757. The second-order valence-corrected chi connectivity index (χ2v) is 6.84. The Morgan fingerprint density at radius 3 is 2.45 bits per heavy atom. The normalized spacial score (nSPS) is 18.9. The quantitative estimate of drug-likeness (QED) is 0.913. The standard InChI is InChI=1S/C17H23FN2O2/c1-17(2,3)16(22)20-10-4-5-12(11-20)15(21)19-14-8-6-13(18)7-9-14/h6-9,12H,4-5,10-11H2,1-3H3,(H,19,21)/t12-/m1/s1. The number of carbonyl (C=O) groups excluding carboxylic acids is 2. The predicted octanol–water partition coefficient (Wildman–Crippen LogP) is 3.05. The Morgan fingerprint density at radius 1 is 1.23 bits per heavy atom. The molecule has 2 rings (SSSR count). The number of rotatable bonds is 2. The number of anilines is 1. The number of halogens is 1. The summed E-state index contributed by atoms with van der Waals surface area (Å²) in [6, 6.07) is 5.69. The van der Waals surface area contributed by atoms with Gasteiger partial charge in [0.05, 0.1) is 5.92 Å².